The van der Waals surface area contributed by atoms with Crippen molar-refractivity contribution in [3.05, 3.63) is 79.8 Å². The third-order valence-corrected chi connectivity index (χ3v) is 8.19. The molecule has 218 valence electrons. The highest BCUT2D eigenvalue weighted by Gasteiger charge is 2.36. The van der Waals surface area contributed by atoms with Crippen molar-refractivity contribution in [3.8, 4) is 11.3 Å². The lowest BCUT2D eigenvalue weighted by Gasteiger charge is -2.33. The summed E-state index contributed by atoms with van der Waals surface area (Å²) in [5.74, 6) is -3.05. The highest BCUT2D eigenvalue weighted by atomic mass is 35.5. The van der Waals surface area contributed by atoms with E-state index in [1.807, 2.05) is 19.9 Å². The van der Waals surface area contributed by atoms with E-state index >= 15 is 0 Å². The Kier molecular flexibility index (Phi) is 7.23. The summed E-state index contributed by atoms with van der Waals surface area (Å²) in [7, 11) is -1.32. The Balaban J connectivity index is 1.41. The SMILES string of the molecule is Cc1cc(C(C)Nc2ccc(Cl)nc2-c2cc(F)c3c(c2)COB3O)c2oc(N3CCC(F)(F)CC3)c(C)c(=O)c2c1. The molecule has 1 atom stereocenters. The molecule has 4 aromatic rings. The number of aryl methyl sites for hydroxylation is 1. The standard InChI is InChI=1S/C30H28BClF3N3O4/c1-15-10-20(28-21(11-15)27(39)16(2)29(42-28)38-8-6-30(34,35)7-9-38)17(3)36-23-4-5-24(32)37-26(23)18-12-19-14-41-31(40)25(19)22(33)13-18/h4-5,10-13,17,36,40H,6-9,14H2,1-3H3. The number of halogens is 4. The molecule has 0 radical (unpaired) electrons. The molecule has 1 unspecified atom stereocenters. The lowest BCUT2D eigenvalue weighted by atomic mass is 9.78. The molecule has 1 fully saturated rings. The molecule has 0 bridgehead atoms. The molecule has 4 heterocycles. The van der Waals surface area contributed by atoms with Gasteiger partial charge in [0.15, 0.2) is 5.43 Å². The Hall–Kier alpha value is -3.54. The molecule has 0 saturated carbocycles. The highest BCUT2D eigenvalue weighted by molar-refractivity contribution is 6.61. The highest BCUT2D eigenvalue weighted by Crippen LogP contribution is 2.37. The van der Waals surface area contributed by atoms with E-state index in [1.54, 1.807) is 36.1 Å². The van der Waals surface area contributed by atoms with E-state index in [0.29, 0.717) is 50.5 Å². The minimum absolute atomic E-state index is 0.0612. The number of piperidine rings is 1. The zero-order valence-corrected chi connectivity index (χ0v) is 24.0. The third kappa shape index (κ3) is 5.14. The third-order valence-electron chi connectivity index (χ3n) is 7.98. The lowest BCUT2D eigenvalue weighted by Crippen LogP contribution is -2.40. The van der Waals surface area contributed by atoms with E-state index in [4.69, 9.17) is 20.7 Å². The summed E-state index contributed by atoms with van der Waals surface area (Å²) in [5, 5.41) is 14.0. The summed E-state index contributed by atoms with van der Waals surface area (Å²) in [6.07, 6.45) is -0.624. The number of rotatable bonds is 5. The van der Waals surface area contributed by atoms with Crippen LogP contribution >= 0.6 is 11.6 Å². The Bertz CT molecular complexity index is 1770. The summed E-state index contributed by atoms with van der Waals surface area (Å²) in [5.41, 5.74) is 4.06. The maximum atomic E-state index is 15.0. The van der Waals surface area contributed by atoms with Crippen molar-refractivity contribution in [3.63, 3.8) is 0 Å². The van der Waals surface area contributed by atoms with E-state index in [-0.39, 0.29) is 48.6 Å². The average molecular weight is 598 g/mol. The summed E-state index contributed by atoms with van der Waals surface area (Å²) in [4.78, 5) is 19.7. The first-order valence-electron chi connectivity index (χ1n) is 13.7. The second-order valence-corrected chi connectivity index (χ2v) is 11.4. The molecule has 2 aliphatic heterocycles. The molecule has 6 rings (SSSR count). The van der Waals surface area contributed by atoms with Crippen molar-refractivity contribution >= 4 is 46.7 Å². The zero-order chi connectivity index (χ0) is 29.9. The largest absolute Gasteiger partial charge is 0.494 e. The zero-order valence-electron chi connectivity index (χ0n) is 23.2. The van der Waals surface area contributed by atoms with Gasteiger partial charge >= 0.3 is 7.12 Å². The summed E-state index contributed by atoms with van der Waals surface area (Å²) >= 11 is 6.24. The first-order valence-corrected chi connectivity index (χ1v) is 14.1. The normalized spacial score (nSPS) is 17.0. The first-order chi connectivity index (χ1) is 19.9. The number of nitrogens with one attached hydrogen (secondary N) is 1. The van der Waals surface area contributed by atoms with Gasteiger partial charge in [-0.05, 0) is 62.2 Å². The molecular weight excluding hydrogens is 570 g/mol. The fraction of sp³-hybridized carbons (Fsp3) is 0.333. The van der Waals surface area contributed by atoms with Gasteiger partial charge in [-0.25, -0.2) is 18.2 Å². The number of benzene rings is 2. The molecule has 0 aliphatic carbocycles. The van der Waals surface area contributed by atoms with E-state index in [0.717, 1.165) is 5.56 Å². The van der Waals surface area contributed by atoms with Crippen LogP contribution in [0.15, 0.2) is 45.6 Å². The van der Waals surface area contributed by atoms with Gasteiger partial charge in [-0.1, -0.05) is 17.7 Å². The number of alkyl halides is 2. The van der Waals surface area contributed by atoms with Crippen LogP contribution in [0.4, 0.5) is 24.7 Å². The van der Waals surface area contributed by atoms with E-state index in [9.17, 15) is 23.0 Å². The summed E-state index contributed by atoms with van der Waals surface area (Å²) in [6, 6.07) is 9.57. The molecule has 2 aromatic carbocycles. The van der Waals surface area contributed by atoms with E-state index in [1.165, 1.54) is 6.07 Å². The van der Waals surface area contributed by atoms with Crippen molar-refractivity contribution in [2.45, 2.75) is 52.2 Å². The number of pyridine rings is 1. The van der Waals surface area contributed by atoms with Gasteiger partial charge in [-0.15, -0.1) is 0 Å². The molecular formula is C30H28BClF3N3O4. The molecule has 0 amide bonds. The van der Waals surface area contributed by atoms with Gasteiger partial charge in [0.25, 0.3) is 5.92 Å². The van der Waals surface area contributed by atoms with Crippen molar-refractivity contribution in [2.24, 2.45) is 0 Å². The number of hydrogen-bond donors (Lipinski definition) is 2. The van der Waals surface area contributed by atoms with E-state index < -0.39 is 24.9 Å². The fourth-order valence-corrected chi connectivity index (χ4v) is 5.91. The van der Waals surface area contributed by atoms with Gasteiger partial charge in [0.1, 0.15) is 16.6 Å². The van der Waals surface area contributed by atoms with Crippen LogP contribution in [0.2, 0.25) is 5.15 Å². The second-order valence-electron chi connectivity index (χ2n) is 11.0. The van der Waals surface area contributed by atoms with Gasteiger partial charge in [0, 0.05) is 42.5 Å². The number of aromatic nitrogens is 1. The van der Waals surface area contributed by atoms with Crippen molar-refractivity contribution in [2.75, 3.05) is 23.3 Å². The second kappa shape index (κ2) is 10.6. The Morgan fingerprint density at radius 2 is 1.90 bits per heavy atom. The van der Waals surface area contributed by atoms with Crippen LogP contribution in [0.1, 0.15) is 48.1 Å². The maximum Gasteiger partial charge on any atom is 0.494 e. The minimum Gasteiger partial charge on any atom is -0.440 e. The molecule has 12 heteroatoms. The van der Waals surface area contributed by atoms with Crippen LogP contribution in [0.25, 0.3) is 22.2 Å². The first kappa shape index (κ1) is 28.6. The number of anilines is 2. The predicted octanol–water partition coefficient (Wildman–Crippen LogP) is 5.89. The smallest absolute Gasteiger partial charge is 0.440 e. The average Bonchev–Trinajstić information content (AvgIpc) is 3.32. The number of nitrogens with zero attached hydrogens (tertiary/aromatic N) is 2. The maximum absolute atomic E-state index is 15.0. The molecule has 42 heavy (non-hydrogen) atoms. The van der Waals surface area contributed by atoms with Crippen LogP contribution in [0, 0.1) is 19.7 Å². The molecule has 2 aromatic heterocycles. The number of fused-ring (bicyclic) bond motifs is 2. The van der Waals surface area contributed by atoms with Crippen molar-refractivity contribution in [1.29, 1.82) is 0 Å². The van der Waals surface area contributed by atoms with E-state index in [2.05, 4.69) is 10.3 Å². The van der Waals surface area contributed by atoms with Crippen LogP contribution in [-0.2, 0) is 11.3 Å². The monoisotopic (exact) mass is 597 g/mol. The fourth-order valence-electron chi connectivity index (χ4n) is 5.76. The lowest BCUT2D eigenvalue weighted by molar-refractivity contribution is -0.0225. The Morgan fingerprint density at radius 1 is 1.17 bits per heavy atom. The van der Waals surface area contributed by atoms with Crippen LogP contribution in [-0.4, -0.2) is 36.1 Å². The van der Waals surface area contributed by atoms with Gasteiger partial charge < -0.3 is 24.3 Å². The van der Waals surface area contributed by atoms with Crippen LogP contribution in [0.3, 0.4) is 0 Å². The summed E-state index contributed by atoms with van der Waals surface area (Å²) < 4.78 is 54.2. The molecule has 2 N–H and O–H groups in total. The minimum atomic E-state index is -2.73. The van der Waals surface area contributed by atoms with Crippen molar-refractivity contribution in [1.82, 2.24) is 4.98 Å². The Morgan fingerprint density at radius 3 is 2.64 bits per heavy atom. The van der Waals surface area contributed by atoms with Crippen LogP contribution < -0.4 is 21.1 Å². The topological polar surface area (TPSA) is 87.8 Å². The van der Waals surface area contributed by atoms with Crippen LogP contribution in [0.5, 0.6) is 0 Å². The number of hydrogen-bond acceptors (Lipinski definition) is 7. The van der Waals surface area contributed by atoms with Crippen molar-refractivity contribution < 1.29 is 27.3 Å². The van der Waals surface area contributed by atoms with Gasteiger partial charge in [0.2, 0.25) is 5.88 Å². The molecule has 0 spiro atoms. The van der Waals surface area contributed by atoms with Gasteiger partial charge in [-0.3, -0.25) is 4.79 Å². The Labute approximate surface area is 245 Å². The van der Waals surface area contributed by atoms with Gasteiger partial charge in [0.05, 0.1) is 35.0 Å². The molecule has 2 aliphatic rings. The quantitative estimate of drug-likeness (QED) is 0.219. The molecule has 7 nitrogen and oxygen atoms in total. The summed E-state index contributed by atoms with van der Waals surface area (Å²) in [6.45, 7) is 5.65. The predicted molar refractivity (Wildman–Crippen MR) is 157 cm³/mol. The molecule has 1 saturated heterocycles. The van der Waals surface area contributed by atoms with Gasteiger partial charge in [-0.2, -0.15) is 0 Å².